The Hall–Kier alpha value is -0.490. The highest BCUT2D eigenvalue weighted by Gasteiger charge is 2.26. The van der Waals surface area contributed by atoms with E-state index in [0.29, 0.717) is 25.4 Å². The van der Waals surface area contributed by atoms with Gasteiger partial charge in [-0.3, -0.25) is 14.6 Å². The minimum Gasteiger partial charge on any atom is -0.380 e. The molecule has 0 amide bonds. The molecule has 1 unspecified atom stereocenters. The fraction of sp³-hybridized carbons (Fsp3) is 0.929. The molecular formula is C14H27N3O2. The summed E-state index contributed by atoms with van der Waals surface area (Å²) in [6, 6.07) is 0. The van der Waals surface area contributed by atoms with Crippen LogP contribution >= 0.6 is 0 Å². The van der Waals surface area contributed by atoms with Crippen LogP contribution < -0.4 is 0 Å². The maximum Gasteiger partial charge on any atom is 0.141 e. The number of ketones is 1. The second kappa shape index (κ2) is 7.33. The summed E-state index contributed by atoms with van der Waals surface area (Å²) in [6.07, 6.45) is 0.605. The first kappa shape index (κ1) is 14.9. The summed E-state index contributed by atoms with van der Waals surface area (Å²) in [5.74, 6) is 0.503. The molecule has 5 nitrogen and oxygen atoms in total. The van der Waals surface area contributed by atoms with Crippen molar-refractivity contribution in [3.63, 3.8) is 0 Å². The van der Waals surface area contributed by atoms with Crippen LogP contribution in [0, 0.1) is 5.92 Å². The quantitative estimate of drug-likeness (QED) is 0.689. The number of piperazine rings is 1. The molecule has 2 saturated heterocycles. The number of ether oxygens (including phenoxy) is 1. The van der Waals surface area contributed by atoms with E-state index >= 15 is 0 Å². The monoisotopic (exact) mass is 269 g/mol. The molecule has 2 heterocycles. The molecule has 2 aliphatic rings. The van der Waals surface area contributed by atoms with Crippen molar-refractivity contribution in [2.24, 2.45) is 5.92 Å². The van der Waals surface area contributed by atoms with E-state index in [1.165, 1.54) is 0 Å². The molecule has 2 fully saturated rings. The molecule has 1 atom stereocenters. The molecule has 0 N–H and O–H groups in total. The minimum absolute atomic E-state index is 0.113. The number of nitrogens with zero attached hydrogens (tertiary/aromatic N) is 3. The molecule has 0 radical (unpaired) electrons. The van der Waals surface area contributed by atoms with Gasteiger partial charge in [-0.15, -0.1) is 0 Å². The molecule has 19 heavy (non-hydrogen) atoms. The fourth-order valence-electron chi connectivity index (χ4n) is 2.70. The number of carbonyl (C=O) groups excluding carboxylic acids is 1. The van der Waals surface area contributed by atoms with E-state index in [9.17, 15) is 4.79 Å². The molecular weight excluding hydrogens is 242 g/mol. The Morgan fingerprint density at radius 1 is 1.21 bits per heavy atom. The Labute approximate surface area is 116 Å². The van der Waals surface area contributed by atoms with Crippen LogP contribution in [0.1, 0.15) is 6.42 Å². The lowest BCUT2D eigenvalue weighted by Gasteiger charge is -2.37. The Morgan fingerprint density at radius 2 is 1.89 bits per heavy atom. The number of hydrogen-bond acceptors (Lipinski definition) is 5. The lowest BCUT2D eigenvalue weighted by atomic mass is 10.00. The van der Waals surface area contributed by atoms with E-state index in [4.69, 9.17) is 4.74 Å². The third kappa shape index (κ3) is 4.84. The van der Waals surface area contributed by atoms with Crippen molar-refractivity contribution in [3.05, 3.63) is 0 Å². The van der Waals surface area contributed by atoms with Crippen molar-refractivity contribution in [1.29, 1.82) is 0 Å². The molecule has 110 valence electrons. The number of likely N-dealkylation sites (N-methyl/N-ethyl adjacent to an activating group) is 1. The Morgan fingerprint density at radius 3 is 2.53 bits per heavy atom. The first-order chi connectivity index (χ1) is 9.15. The Balaban J connectivity index is 1.67. The van der Waals surface area contributed by atoms with E-state index < -0.39 is 0 Å². The summed E-state index contributed by atoms with van der Waals surface area (Å²) in [4.78, 5) is 18.9. The summed E-state index contributed by atoms with van der Waals surface area (Å²) >= 11 is 0. The van der Waals surface area contributed by atoms with E-state index in [2.05, 4.69) is 28.8 Å². The van der Waals surface area contributed by atoms with Crippen LogP contribution in [0.3, 0.4) is 0 Å². The first-order valence-electron chi connectivity index (χ1n) is 7.35. The van der Waals surface area contributed by atoms with Crippen LogP contribution in [0.25, 0.3) is 0 Å². The molecule has 0 aromatic heterocycles. The van der Waals surface area contributed by atoms with Gasteiger partial charge in [-0.05, 0) is 14.1 Å². The highest BCUT2D eigenvalue weighted by molar-refractivity contribution is 5.82. The van der Waals surface area contributed by atoms with Gasteiger partial charge in [0.25, 0.3) is 0 Å². The second-order valence-corrected chi connectivity index (χ2v) is 5.93. The van der Waals surface area contributed by atoms with E-state index in [1.54, 1.807) is 0 Å². The number of rotatable bonds is 5. The molecule has 0 aliphatic carbocycles. The van der Waals surface area contributed by atoms with Gasteiger partial charge in [-0.1, -0.05) is 0 Å². The predicted octanol–water partition coefficient (Wildman–Crippen LogP) is -0.229. The molecule has 0 bridgehead atoms. The zero-order valence-corrected chi connectivity index (χ0v) is 12.3. The number of Topliss-reactive ketones (excluding diaryl/α,β-unsaturated/α-hetero) is 1. The Kier molecular flexibility index (Phi) is 5.76. The minimum atomic E-state index is 0.113. The molecule has 5 heteroatoms. The van der Waals surface area contributed by atoms with Gasteiger partial charge < -0.3 is 9.64 Å². The third-order valence-corrected chi connectivity index (χ3v) is 4.07. The highest BCUT2D eigenvalue weighted by atomic mass is 16.5. The standard InChI is InChI=1S/C14H27N3O2/c1-15(2)4-5-16-6-8-17(9-7-16)11-13-12-19-10-3-14(13)18/h13H,3-12H2,1-2H3. The second-order valence-electron chi connectivity index (χ2n) is 5.93. The van der Waals surface area contributed by atoms with E-state index in [-0.39, 0.29) is 5.92 Å². The van der Waals surface area contributed by atoms with E-state index in [0.717, 1.165) is 45.8 Å². The SMILES string of the molecule is CN(C)CCN1CCN(CC2COCCC2=O)CC1. The van der Waals surface area contributed by atoms with Crippen molar-refractivity contribution in [2.45, 2.75) is 6.42 Å². The molecule has 0 spiro atoms. The van der Waals surface area contributed by atoms with E-state index in [1.807, 2.05) is 0 Å². The molecule has 0 saturated carbocycles. The van der Waals surface area contributed by atoms with Crippen LogP contribution in [0.15, 0.2) is 0 Å². The lowest BCUT2D eigenvalue weighted by molar-refractivity contribution is -0.131. The van der Waals surface area contributed by atoms with Crippen molar-refractivity contribution in [2.75, 3.05) is 73.1 Å². The van der Waals surface area contributed by atoms with Gasteiger partial charge in [0.1, 0.15) is 5.78 Å². The van der Waals surface area contributed by atoms with Crippen LogP contribution in [0.2, 0.25) is 0 Å². The largest absolute Gasteiger partial charge is 0.380 e. The van der Waals surface area contributed by atoms with Crippen LogP contribution in [-0.4, -0.2) is 93.6 Å². The molecule has 2 rings (SSSR count). The van der Waals surface area contributed by atoms with Gasteiger partial charge in [0.15, 0.2) is 0 Å². The van der Waals surface area contributed by atoms with Crippen molar-refractivity contribution in [3.8, 4) is 0 Å². The van der Waals surface area contributed by atoms with Crippen LogP contribution in [0.5, 0.6) is 0 Å². The van der Waals surface area contributed by atoms with Gasteiger partial charge in [-0.25, -0.2) is 0 Å². The number of hydrogen-bond donors (Lipinski definition) is 0. The predicted molar refractivity (Wildman–Crippen MR) is 75.4 cm³/mol. The zero-order chi connectivity index (χ0) is 13.7. The summed E-state index contributed by atoms with van der Waals surface area (Å²) in [7, 11) is 4.23. The average Bonchev–Trinajstić information content (AvgIpc) is 2.40. The molecule has 2 aliphatic heterocycles. The Bertz CT molecular complexity index is 288. The third-order valence-electron chi connectivity index (χ3n) is 4.07. The topological polar surface area (TPSA) is 36.0 Å². The normalized spacial score (nSPS) is 27.1. The van der Waals surface area contributed by atoms with Crippen LogP contribution in [-0.2, 0) is 9.53 Å². The smallest absolute Gasteiger partial charge is 0.141 e. The molecule has 0 aromatic carbocycles. The molecule has 0 aromatic rings. The first-order valence-corrected chi connectivity index (χ1v) is 7.35. The van der Waals surface area contributed by atoms with Crippen LogP contribution in [0.4, 0.5) is 0 Å². The summed E-state index contributed by atoms with van der Waals surface area (Å²) < 4.78 is 5.42. The van der Waals surface area contributed by atoms with Gasteiger partial charge in [0.2, 0.25) is 0 Å². The van der Waals surface area contributed by atoms with Crippen molar-refractivity contribution >= 4 is 5.78 Å². The van der Waals surface area contributed by atoms with Gasteiger partial charge in [-0.2, -0.15) is 0 Å². The van der Waals surface area contributed by atoms with Gasteiger partial charge in [0, 0.05) is 52.2 Å². The van der Waals surface area contributed by atoms with Gasteiger partial charge in [0.05, 0.1) is 19.1 Å². The highest BCUT2D eigenvalue weighted by Crippen LogP contribution is 2.13. The fourth-order valence-corrected chi connectivity index (χ4v) is 2.70. The summed E-state index contributed by atoms with van der Waals surface area (Å²) in [5, 5.41) is 0. The van der Waals surface area contributed by atoms with Gasteiger partial charge >= 0.3 is 0 Å². The van der Waals surface area contributed by atoms with Crippen molar-refractivity contribution < 1.29 is 9.53 Å². The zero-order valence-electron chi connectivity index (χ0n) is 12.3. The average molecular weight is 269 g/mol. The van der Waals surface area contributed by atoms with Crippen molar-refractivity contribution in [1.82, 2.24) is 14.7 Å². The maximum atomic E-state index is 11.8. The lowest BCUT2D eigenvalue weighted by Crippen LogP contribution is -2.50. The number of carbonyl (C=O) groups is 1. The maximum absolute atomic E-state index is 11.8. The summed E-state index contributed by atoms with van der Waals surface area (Å²) in [6.45, 7) is 8.80. The summed E-state index contributed by atoms with van der Waals surface area (Å²) in [5.41, 5.74) is 0.